The van der Waals surface area contributed by atoms with Crippen LogP contribution in [0.5, 0.6) is 0 Å². The summed E-state index contributed by atoms with van der Waals surface area (Å²) in [6.45, 7) is 2.67. The van der Waals surface area contributed by atoms with Gasteiger partial charge in [0.1, 0.15) is 11.5 Å². The van der Waals surface area contributed by atoms with Crippen LogP contribution < -0.4 is 10.6 Å². The summed E-state index contributed by atoms with van der Waals surface area (Å²) in [7, 11) is 0. The smallest absolute Gasteiger partial charge is 0.269 e. The standard InChI is InChI=1S/C16H19FN4O.ClH/c17-13-5-3-12(4-6-13)14-8-15(21-20-14)16(22)19-10-11-2-1-7-18-9-11;/h3-6,8,11,18H,1-2,7,9-10H2,(H,19,22)(H,20,21);1H. The second-order valence-corrected chi connectivity index (χ2v) is 5.60. The van der Waals surface area contributed by atoms with E-state index >= 15 is 0 Å². The molecule has 2 aromatic rings. The minimum absolute atomic E-state index is 0. The van der Waals surface area contributed by atoms with Gasteiger partial charge in [-0.25, -0.2) is 4.39 Å². The van der Waals surface area contributed by atoms with Crippen molar-refractivity contribution in [2.45, 2.75) is 12.8 Å². The lowest BCUT2D eigenvalue weighted by Crippen LogP contribution is -2.38. The zero-order valence-electron chi connectivity index (χ0n) is 12.6. The van der Waals surface area contributed by atoms with Gasteiger partial charge in [-0.1, -0.05) is 0 Å². The lowest BCUT2D eigenvalue weighted by atomic mass is 10.00. The van der Waals surface area contributed by atoms with Crippen molar-refractivity contribution in [1.82, 2.24) is 20.8 Å². The number of nitrogens with zero attached hydrogens (tertiary/aromatic N) is 1. The highest BCUT2D eigenvalue weighted by Crippen LogP contribution is 2.18. The molecule has 1 atom stereocenters. The Kier molecular flexibility index (Phi) is 6.12. The highest BCUT2D eigenvalue weighted by Gasteiger charge is 2.16. The first-order valence-electron chi connectivity index (χ1n) is 7.52. The third-order valence-electron chi connectivity index (χ3n) is 3.91. The van der Waals surface area contributed by atoms with E-state index in [9.17, 15) is 9.18 Å². The maximum atomic E-state index is 12.9. The number of aromatic amines is 1. The molecule has 0 radical (unpaired) electrons. The van der Waals surface area contributed by atoms with Gasteiger partial charge in [-0.15, -0.1) is 12.4 Å². The number of rotatable bonds is 4. The number of nitrogens with one attached hydrogen (secondary N) is 3. The quantitative estimate of drug-likeness (QED) is 0.801. The molecule has 0 spiro atoms. The maximum Gasteiger partial charge on any atom is 0.269 e. The van der Waals surface area contributed by atoms with E-state index in [2.05, 4.69) is 20.8 Å². The summed E-state index contributed by atoms with van der Waals surface area (Å²) in [5.74, 6) is 0.0296. The highest BCUT2D eigenvalue weighted by atomic mass is 35.5. The molecule has 1 fully saturated rings. The minimum Gasteiger partial charge on any atom is -0.350 e. The van der Waals surface area contributed by atoms with Crippen LogP contribution in [0.15, 0.2) is 30.3 Å². The predicted molar refractivity (Wildman–Crippen MR) is 89.2 cm³/mol. The van der Waals surface area contributed by atoms with Gasteiger partial charge in [-0.3, -0.25) is 9.89 Å². The van der Waals surface area contributed by atoms with Gasteiger partial charge in [0.2, 0.25) is 0 Å². The number of carbonyl (C=O) groups excluding carboxylic acids is 1. The van der Waals surface area contributed by atoms with E-state index in [0.717, 1.165) is 31.5 Å². The second-order valence-electron chi connectivity index (χ2n) is 5.60. The van der Waals surface area contributed by atoms with Crippen molar-refractivity contribution in [1.29, 1.82) is 0 Å². The first-order chi connectivity index (χ1) is 10.7. The number of benzene rings is 1. The average Bonchev–Trinajstić information content (AvgIpc) is 3.04. The fraction of sp³-hybridized carbons (Fsp3) is 0.375. The zero-order chi connectivity index (χ0) is 15.4. The van der Waals surface area contributed by atoms with E-state index in [1.54, 1.807) is 18.2 Å². The van der Waals surface area contributed by atoms with Crippen molar-refractivity contribution in [3.05, 3.63) is 41.8 Å². The lowest BCUT2D eigenvalue weighted by Gasteiger charge is -2.22. The summed E-state index contributed by atoms with van der Waals surface area (Å²) in [4.78, 5) is 12.1. The molecule has 1 aromatic heterocycles. The van der Waals surface area contributed by atoms with Crippen molar-refractivity contribution in [3.63, 3.8) is 0 Å². The number of amides is 1. The average molecular weight is 339 g/mol. The summed E-state index contributed by atoms with van der Waals surface area (Å²) < 4.78 is 12.9. The fourth-order valence-corrected chi connectivity index (χ4v) is 2.64. The number of hydrogen-bond donors (Lipinski definition) is 3. The molecular weight excluding hydrogens is 319 g/mol. The Morgan fingerprint density at radius 3 is 2.83 bits per heavy atom. The third kappa shape index (κ3) is 4.53. The van der Waals surface area contributed by atoms with Gasteiger partial charge in [0.15, 0.2) is 0 Å². The van der Waals surface area contributed by atoms with Crippen LogP contribution in [0.4, 0.5) is 4.39 Å². The van der Waals surface area contributed by atoms with Crippen LogP contribution in [0.2, 0.25) is 0 Å². The summed E-state index contributed by atoms with van der Waals surface area (Å²) in [5, 5.41) is 13.1. The predicted octanol–water partition coefficient (Wildman–Crippen LogP) is 2.37. The summed E-state index contributed by atoms with van der Waals surface area (Å²) >= 11 is 0. The highest BCUT2D eigenvalue weighted by molar-refractivity contribution is 5.93. The van der Waals surface area contributed by atoms with Crippen LogP contribution in [0.3, 0.4) is 0 Å². The van der Waals surface area contributed by atoms with Crippen LogP contribution >= 0.6 is 12.4 Å². The number of carbonyl (C=O) groups is 1. The molecule has 5 nitrogen and oxygen atoms in total. The van der Waals surface area contributed by atoms with Crippen molar-refractivity contribution in [3.8, 4) is 11.3 Å². The van der Waals surface area contributed by atoms with E-state index < -0.39 is 0 Å². The van der Waals surface area contributed by atoms with Gasteiger partial charge in [0.25, 0.3) is 5.91 Å². The SMILES string of the molecule is Cl.O=C(NCC1CCCNC1)c1cc(-c2ccc(F)cc2)n[nH]1. The molecule has 0 bridgehead atoms. The van der Waals surface area contributed by atoms with Crippen LogP contribution in [0.1, 0.15) is 23.3 Å². The van der Waals surface area contributed by atoms with Crippen molar-refractivity contribution in [2.24, 2.45) is 5.92 Å². The summed E-state index contributed by atoms with van der Waals surface area (Å²) in [6.07, 6.45) is 2.29. The Labute approximate surface area is 140 Å². The molecule has 1 aromatic carbocycles. The Balaban J connectivity index is 0.00000192. The number of halogens is 2. The van der Waals surface area contributed by atoms with Crippen molar-refractivity contribution in [2.75, 3.05) is 19.6 Å². The molecule has 3 rings (SSSR count). The van der Waals surface area contributed by atoms with Gasteiger partial charge in [-0.2, -0.15) is 5.10 Å². The molecule has 124 valence electrons. The normalized spacial score (nSPS) is 17.3. The van der Waals surface area contributed by atoms with Crippen LogP contribution in [0, 0.1) is 11.7 Å². The number of piperidine rings is 1. The molecule has 7 heteroatoms. The molecule has 1 unspecified atom stereocenters. The Morgan fingerprint density at radius 2 is 2.13 bits per heavy atom. The Bertz CT molecular complexity index is 638. The van der Waals surface area contributed by atoms with Gasteiger partial charge in [-0.05, 0) is 62.2 Å². The topological polar surface area (TPSA) is 69.8 Å². The third-order valence-corrected chi connectivity index (χ3v) is 3.91. The van der Waals surface area contributed by atoms with Crippen molar-refractivity contribution < 1.29 is 9.18 Å². The lowest BCUT2D eigenvalue weighted by molar-refractivity contribution is 0.0940. The van der Waals surface area contributed by atoms with E-state index in [4.69, 9.17) is 0 Å². The number of hydrogen-bond acceptors (Lipinski definition) is 3. The van der Waals surface area contributed by atoms with Gasteiger partial charge >= 0.3 is 0 Å². The fourth-order valence-electron chi connectivity index (χ4n) is 2.64. The summed E-state index contributed by atoms with van der Waals surface area (Å²) in [5.41, 5.74) is 1.82. The van der Waals surface area contributed by atoms with Gasteiger partial charge in [0, 0.05) is 12.1 Å². The monoisotopic (exact) mass is 338 g/mol. The maximum absolute atomic E-state index is 12.9. The van der Waals surface area contributed by atoms with E-state index in [1.807, 2.05) is 0 Å². The number of H-pyrrole nitrogens is 1. The molecule has 2 heterocycles. The van der Waals surface area contributed by atoms with Crippen LogP contribution in [-0.2, 0) is 0 Å². The van der Waals surface area contributed by atoms with Gasteiger partial charge < -0.3 is 10.6 Å². The molecule has 1 saturated heterocycles. The van der Waals surface area contributed by atoms with Crippen LogP contribution in [0.25, 0.3) is 11.3 Å². The molecule has 0 aliphatic carbocycles. The number of aromatic nitrogens is 2. The molecule has 1 aliphatic rings. The van der Waals surface area contributed by atoms with Gasteiger partial charge in [0.05, 0.1) is 5.69 Å². The van der Waals surface area contributed by atoms with Crippen molar-refractivity contribution >= 4 is 18.3 Å². The van der Waals surface area contributed by atoms with E-state index in [0.29, 0.717) is 23.9 Å². The molecule has 1 aliphatic heterocycles. The Hall–Kier alpha value is -1.92. The molecular formula is C16H20ClFN4O. The van der Waals surface area contributed by atoms with Crippen LogP contribution in [-0.4, -0.2) is 35.7 Å². The molecule has 0 saturated carbocycles. The second kappa shape index (κ2) is 8.08. The zero-order valence-corrected chi connectivity index (χ0v) is 13.5. The first kappa shape index (κ1) is 17.4. The molecule has 1 amide bonds. The van der Waals surface area contributed by atoms with E-state index in [-0.39, 0.29) is 24.1 Å². The molecule has 23 heavy (non-hydrogen) atoms. The minimum atomic E-state index is -0.293. The largest absolute Gasteiger partial charge is 0.350 e. The summed E-state index contributed by atoms with van der Waals surface area (Å²) in [6, 6.07) is 7.71. The van der Waals surface area contributed by atoms with E-state index in [1.165, 1.54) is 12.1 Å². The Morgan fingerprint density at radius 1 is 1.35 bits per heavy atom. The molecule has 3 N–H and O–H groups in total. The first-order valence-corrected chi connectivity index (χ1v) is 7.52.